The third-order valence-corrected chi connectivity index (χ3v) is 6.26. The lowest BCUT2D eigenvalue weighted by Gasteiger charge is -2.25. The summed E-state index contributed by atoms with van der Waals surface area (Å²) in [4.78, 5) is 37.1. The van der Waals surface area contributed by atoms with Crippen LogP contribution < -0.4 is 9.80 Å². The Hall–Kier alpha value is -3.77. The van der Waals surface area contributed by atoms with Gasteiger partial charge < -0.3 is 19.5 Å². The van der Waals surface area contributed by atoms with E-state index in [1.54, 1.807) is 31.9 Å². The van der Waals surface area contributed by atoms with Crippen molar-refractivity contribution in [2.24, 2.45) is 0 Å². The summed E-state index contributed by atoms with van der Waals surface area (Å²) in [5.41, 5.74) is 2.22. The van der Waals surface area contributed by atoms with Gasteiger partial charge in [-0.3, -0.25) is 9.88 Å². The van der Waals surface area contributed by atoms with Gasteiger partial charge in [-0.05, 0) is 18.2 Å². The Morgan fingerprint density at radius 2 is 1.97 bits per heavy atom. The number of pyridine rings is 1. The summed E-state index contributed by atoms with van der Waals surface area (Å²) in [6, 6.07) is 4.98. The highest BCUT2D eigenvalue weighted by Gasteiger charge is 2.29. The molecule has 1 aliphatic heterocycles. The molecule has 1 fully saturated rings. The number of nitrogens with one attached hydrogen (secondary N) is 1. The zero-order valence-electron chi connectivity index (χ0n) is 20.4. The second-order valence-electron chi connectivity index (χ2n) is 8.82. The third-order valence-electron chi connectivity index (χ3n) is 6.26. The van der Waals surface area contributed by atoms with Crippen molar-refractivity contribution < 1.29 is 9.13 Å². The van der Waals surface area contributed by atoms with Gasteiger partial charge in [0.2, 0.25) is 5.95 Å². The van der Waals surface area contributed by atoms with Crippen LogP contribution in [0, 0.1) is 5.82 Å². The Morgan fingerprint density at radius 1 is 1.11 bits per heavy atom. The molecule has 11 nitrogen and oxygen atoms in total. The van der Waals surface area contributed by atoms with E-state index in [4.69, 9.17) is 14.7 Å². The van der Waals surface area contributed by atoms with E-state index < -0.39 is 0 Å². The number of anilines is 2. The van der Waals surface area contributed by atoms with E-state index in [9.17, 15) is 4.39 Å². The molecule has 0 radical (unpaired) electrons. The first-order valence-corrected chi connectivity index (χ1v) is 11.9. The van der Waals surface area contributed by atoms with Gasteiger partial charge in [-0.1, -0.05) is 0 Å². The van der Waals surface area contributed by atoms with Crippen molar-refractivity contribution in [3.8, 4) is 0 Å². The van der Waals surface area contributed by atoms with Gasteiger partial charge in [-0.2, -0.15) is 0 Å². The summed E-state index contributed by atoms with van der Waals surface area (Å²) in [7, 11) is 3.66. The van der Waals surface area contributed by atoms with Gasteiger partial charge in [0.1, 0.15) is 17.2 Å². The molecular formula is C24H29FN10O. The normalized spacial score (nSPS) is 16.9. The van der Waals surface area contributed by atoms with Crippen LogP contribution in [0.2, 0.25) is 0 Å². The fraction of sp³-hybridized carbons (Fsp3) is 0.417. The lowest BCUT2D eigenvalue weighted by molar-refractivity contribution is 0.206. The number of nitrogens with zero attached hydrogens (tertiary/aromatic N) is 9. The minimum Gasteiger partial charge on any atom is -0.383 e. The molecule has 4 aromatic rings. The molecule has 1 N–H and O–H groups in total. The number of ether oxygens (including phenoxy) is 1. The number of imidazole rings is 1. The standard InChI is InChI=1S/C24H29FN10O/c1-33(10-11-36-2)23-20-22(30-16-29-20)31-21(32-23)17-13-34(15-19-5-4-18(25)12-28-19)8-9-35(14-17)24-26-6-3-7-27-24/h3-7,12,16-17H,8-11,13-15H2,1-2H3,(H,29,30,31,32). The molecular weight excluding hydrogens is 463 g/mol. The number of aromatic nitrogens is 7. The molecule has 0 amide bonds. The zero-order chi connectivity index (χ0) is 24.9. The van der Waals surface area contributed by atoms with Gasteiger partial charge in [0.25, 0.3) is 0 Å². The highest BCUT2D eigenvalue weighted by Crippen LogP contribution is 2.27. The van der Waals surface area contributed by atoms with Crippen LogP contribution in [0.1, 0.15) is 17.4 Å². The molecule has 5 rings (SSSR count). The van der Waals surface area contributed by atoms with Crippen LogP contribution >= 0.6 is 0 Å². The van der Waals surface area contributed by atoms with Gasteiger partial charge in [0, 0.05) is 71.7 Å². The molecule has 0 saturated carbocycles. The van der Waals surface area contributed by atoms with E-state index in [1.165, 1.54) is 12.3 Å². The fourth-order valence-corrected chi connectivity index (χ4v) is 4.38. The lowest BCUT2D eigenvalue weighted by Crippen LogP contribution is -2.31. The zero-order valence-corrected chi connectivity index (χ0v) is 20.4. The third kappa shape index (κ3) is 5.39. The maximum Gasteiger partial charge on any atom is 0.225 e. The average Bonchev–Trinajstić information content (AvgIpc) is 3.28. The van der Waals surface area contributed by atoms with E-state index in [2.05, 4.69) is 34.7 Å². The Labute approximate surface area is 208 Å². The summed E-state index contributed by atoms with van der Waals surface area (Å²) >= 11 is 0. The Morgan fingerprint density at radius 3 is 2.75 bits per heavy atom. The predicted molar refractivity (Wildman–Crippen MR) is 133 cm³/mol. The highest BCUT2D eigenvalue weighted by atomic mass is 19.1. The quantitative estimate of drug-likeness (QED) is 0.391. The van der Waals surface area contributed by atoms with E-state index in [0.717, 1.165) is 30.1 Å². The molecule has 12 heteroatoms. The SMILES string of the molecule is COCCN(C)c1nc(C2CN(Cc3ccc(F)cn3)CCN(c3ncccn3)C2)nc2nc[nH]c12. The van der Waals surface area contributed by atoms with Gasteiger partial charge in [0.05, 0.1) is 24.8 Å². The molecule has 188 valence electrons. The topological polar surface area (TPSA) is 112 Å². The van der Waals surface area contributed by atoms with E-state index in [0.29, 0.717) is 50.2 Å². The molecule has 1 unspecified atom stereocenters. The molecule has 0 spiro atoms. The minimum atomic E-state index is -0.342. The lowest BCUT2D eigenvalue weighted by atomic mass is 10.1. The number of rotatable bonds is 8. The van der Waals surface area contributed by atoms with Crippen molar-refractivity contribution in [1.82, 2.24) is 39.8 Å². The molecule has 0 aromatic carbocycles. The van der Waals surface area contributed by atoms with E-state index in [1.807, 2.05) is 18.0 Å². The molecule has 0 aliphatic carbocycles. The van der Waals surface area contributed by atoms with Crippen molar-refractivity contribution in [3.63, 3.8) is 0 Å². The van der Waals surface area contributed by atoms with Crippen LogP contribution in [0.15, 0.2) is 43.1 Å². The van der Waals surface area contributed by atoms with Crippen LogP contribution in [-0.2, 0) is 11.3 Å². The summed E-state index contributed by atoms with van der Waals surface area (Å²) in [6.45, 7) is 4.68. The molecule has 1 atom stereocenters. The van der Waals surface area contributed by atoms with Crippen molar-refractivity contribution in [2.45, 2.75) is 12.5 Å². The summed E-state index contributed by atoms with van der Waals surface area (Å²) in [6.07, 6.45) is 6.39. The number of hydrogen-bond acceptors (Lipinski definition) is 10. The molecule has 36 heavy (non-hydrogen) atoms. The number of hydrogen-bond donors (Lipinski definition) is 1. The number of methoxy groups -OCH3 is 1. The number of likely N-dealkylation sites (N-methyl/N-ethyl adjacent to an activating group) is 1. The first kappa shape index (κ1) is 23.9. The molecule has 1 saturated heterocycles. The maximum absolute atomic E-state index is 13.4. The van der Waals surface area contributed by atoms with Crippen molar-refractivity contribution in [3.05, 3.63) is 60.5 Å². The van der Waals surface area contributed by atoms with Crippen LogP contribution in [0.25, 0.3) is 11.2 Å². The van der Waals surface area contributed by atoms with Gasteiger partial charge >= 0.3 is 0 Å². The maximum atomic E-state index is 13.4. The number of fused-ring (bicyclic) bond motifs is 1. The fourth-order valence-electron chi connectivity index (χ4n) is 4.38. The van der Waals surface area contributed by atoms with E-state index >= 15 is 0 Å². The van der Waals surface area contributed by atoms with Crippen LogP contribution in [0.4, 0.5) is 16.2 Å². The Balaban J connectivity index is 1.48. The summed E-state index contributed by atoms with van der Waals surface area (Å²) < 4.78 is 18.7. The average molecular weight is 493 g/mol. The van der Waals surface area contributed by atoms with Crippen molar-refractivity contribution in [2.75, 3.05) is 63.3 Å². The van der Waals surface area contributed by atoms with Gasteiger partial charge in [0.15, 0.2) is 11.5 Å². The van der Waals surface area contributed by atoms with Crippen molar-refractivity contribution >= 4 is 22.9 Å². The first-order chi connectivity index (χ1) is 17.6. The van der Waals surface area contributed by atoms with Crippen LogP contribution in [0.5, 0.6) is 0 Å². The van der Waals surface area contributed by atoms with Gasteiger partial charge in [-0.25, -0.2) is 29.3 Å². The minimum absolute atomic E-state index is 0.0487. The number of H-pyrrole nitrogens is 1. The molecule has 5 heterocycles. The largest absolute Gasteiger partial charge is 0.383 e. The van der Waals surface area contributed by atoms with Crippen molar-refractivity contribution in [1.29, 1.82) is 0 Å². The molecule has 1 aliphatic rings. The van der Waals surface area contributed by atoms with E-state index in [-0.39, 0.29) is 11.7 Å². The monoisotopic (exact) mass is 492 g/mol. The highest BCUT2D eigenvalue weighted by molar-refractivity contribution is 5.83. The van der Waals surface area contributed by atoms with Crippen LogP contribution in [-0.4, -0.2) is 93.3 Å². The van der Waals surface area contributed by atoms with Crippen LogP contribution in [0.3, 0.4) is 0 Å². The number of halogens is 1. The smallest absolute Gasteiger partial charge is 0.225 e. The first-order valence-electron chi connectivity index (χ1n) is 11.9. The number of aromatic amines is 1. The summed E-state index contributed by atoms with van der Waals surface area (Å²) in [5, 5.41) is 0. The second kappa shape index (κ2) is 10.9. The van der Waals surface area contributed by atoms with Gasteiger partial charge in [-0.15, -0.1) is 0 Å². The Kier molecular flexibility index (Phi) is 7.23. The molecule has 4 aromatic heterocycles. The second-order valence-corrected chi connectivity index (χ2v) is 8.82. The Bertz CT molecular complexity index is 1270. The summed E-state index contributed by atoms with van der Waals surface area (Å²) in [5.74, 6) is 1.76. The molecule has 0 bridgehead atoms. The predicted octanol–water partition coefficient (Wildman–Crippen LogP) is 1.87.